The first-order valence-corrected chi connectivity index (χ1v) is 8.82. The Bertz CT molecular complexity index is 732. The maximum absolute atomic E-state index is 2.40. The van der Waals surface area contributed by atoms with Gasteiger partial charge in [-0.3, -0.25) is 0 Å². The highest BCUT2D eigenvalue weighted by atomic mass is 32.2. The van der Waals surface area contributed by atoms with Crippen molar-refractivity contribution in [3.63, 3.8) is 0 Å². The van der Waals surface area contributed by atoms with Crippen molar-refractivity contribution in [2.45, 2.75) is 16.2 Å². The molecule has 2 aromatic rings. The van der Waals surface area contributed by atoms with Crippen molar-refractivity contribution < 1.29 is 0 Å². The molecule has 0 amide bonds. The zero-order valence-corrected chi connectivity index (χ0v) is 15.2. The van der Waals surface area contributed by atoms with Gasteiger partial charge in [-0.2, -0.15) is 0 Å². The first kappa shape index (κ1) is 16.2. The quantitative estimate of drug-likeness (QED) is 0.692. The van der Waals surface area contributed by atoms with E-state index in [1.54, 1.807) is 0 Å². The predicted octanol–water partition coefficient (Wildman–Crippen LogP) is 4.60. The molecule has 120 valence electrons. The molecule has 0 saturated heterocycles. The Balaban J connectivity index is 2.07. The summed E-state index contributed by atoms with van der Waals surface area (Å²) in [7, 11) is 8.45. The molecule has 3 heteroatoms. The number of hydrogen-bond donors (Lipinski definition) is 0. The molecule has 2 nitrogen and oxygen atoms in total. The molecule has 0 spiro atoms. The van der Waals surface area contributed by atoms with Gasteiger partial charge in [0, 0.05) is 36.1 Å². The standard InChI is InChI=1S/C20H24N2S/c1-21(2)13-7-9-16-17-8-5-6-10-19(17)23-20-12-11-15(22(3)4)14-18(16)20/h5-6,8-12,14H,7,13H2,1-4H3/b16-9-. The van der Waals surface area contributed by atoms with Gasteiger partial charge in [0.15, 0.2) is 0 Å². The van der Waals surface area contributed by atoms with Crippen LogP contribution in [-0.4, -0.2) is 39.6 Å². The molecule has 0 aliphatic carbocycles. The van der Waals surface area contributed by atoms with Crippen molar-refractivity contribution in [2.24, 2.45) is 0 Å². The summed E-state index contributed by atoms with van der Waals surface area (Å²) < 4.78 is 0. The van der Waals surface area contributed by atoms with Crippen LogP contribution in [0.2, 0.25) is 0 Å². The van der Waals surface area contributed by atoms with E-state index in [4.69, 9.17) is 0 Å². The maximum atomic E-state index is 2.40. The highest BCUT2D eigenvalue weighted by Gasteiger charge is 2.21. The fourth-order valence-corrected chi connectivity index (χ4v) is 3.91. The van der Waals surface area contributed by atoms with Crippen LogP contribution in [-0.2, 0) is 0 Å². The molecule has 0 unspecified atom stereocenters. The predicted molar refractivity (Wildman–Crippen MR) is 102 cm³/mol. The summed E-state index contributed by atoms with van der Waals surface area (Å²) in [6.07, 6.45) is 3.46. The molecule has 0 fully saturated rings. The van der Waals surface area contributed by atoms with Gasteiger partial charge >= 0.3 is 0 Å². The topological polar surface area (TPSA) is 6.48 Å². The fraction of sp³-hybridized carbons (Fsp3) is 0.300. The third kappa shape index (κ3) is 3.46. The average molecular weight is 324 g/mol. The summed E-state index contributed by atoms with van der Waals surface area (Å²) >= 11 is 1.88. The van der Waals surface area contributed by atoms with Crippen LogP contribution in [0.1, 0.15) is 17.5 Å². The monoisotopic (exact) mass is 324 g/mol. The van der Waals surface area contributed by atoms with Crippen molar-refractivity contribution in [1.82, 2.24) is 4.90 Å². The highest BCUT2D eigenvalue weighted by molar-refractivity contribution is 7.99. The van der Waals surface area contributed by atoms with Gasteiger partial charge < -0.3 is 9.80 Å². The molecule has 0 radical (unpaired) electrons. The normalized spacial score (nSPS) is 14.7. The van der Waals surface area contributed by atoms with E-state index >= 15 is 0 Å². The van der Waals surface area contributed by atoms with Crippen LogP contribution in [0.25, 0.3) is 5.57 Å². The molecule has 0 saturated carbocycles. The third-order valence-corrected chi connectivity index (χ3v) is 5.24. The van der Waals surface area contributed by atoms with E-state index in [-0.39, 0.29) is 0 Å². The number of rotatable bonds is 4. The molecule has 1 aliphatic rings. The van der Waals surface area contributed by atoms with Gasteiger partial charge in [0.2, 0.25) is 0 Å². The Hall–Kier alpha value is -1.71. The van der Waals surface area contributed by atoms with Gasteiger partial charge in [0.25, 0.3) is 0 Å². The molecule has 23 heavy (non-hydrogen) atoms. The summed E-state index contributed by atoms with van der Waals surface area (Å²) in [5.41, 5.74) is 5.35. The minimum Gasteiger partial charge on any atom is -0.378 e. The second-order valence-corrected chi connectivity index (χ2v) is 7.47. The third-order valence-electron chi connectivity index (χ3n) is 4.09. The van der Waals surface area contributed by atoms with Gasteiger partial charge in [-0.25, -0.2) is 0 Å². The second kappa shape index (κ2) is 6.81. The smallest absolute Gasteiger partial charge is 0.0368 e. The minimum atomic E-state index is 1.06. The zero-order chi connectivity index (χ0) is 16.4. The van der Waals surface area contributed by atoms with E-state index in [2.05, 4.69) is 86.5 Å². The lowest BCUT2D eigenvalue weighted by atomic mass is 9.95. The van der Waals surface area contributed by atoms with Crippen molar-refractivity contribution in [3.05, 3.63) is 59.7 Å². The van der Waals surface area contributed by atoms with Crippen LogP contribution in [0, 0.1) is 0 Å². The lowest BCUT2D eigenvalue weighted by Crippen LogP contribution is -2.12. The molecule has 3 rings (SSSR count). The summed E-state index contributed by atoms with van der Waals surface area (Å²) in [5.74, 6) is 0. The van der Waals surface area contributed by atoms with Crippen LogP contribution in [0.4, 0.5) is 5.69 Å². The molecular formula is C20H24N2S. The molecular weight excluding hydrogens is 300 g/mol. The van der Waals surface area contributed by atoms with Crippen LogP contribution < -0.4 is 4.90 Å². The number of benzene rings is 2. The Labute approximate surface area is 143 Å². The van der Waals surface area contributed by atoms with Crippen LogP contribution in [0.15, 0.2) is 58.3 Å². The van der Waals surface area contributed by atoms with Crippen molar-refractivity contribution in [1.29, 1.82) is 0 Å². The van der Waals surface area contributed by atoms with Crippen LogP contribution >= 0.6 is 11.8 Å². The zero-order valence-electron chi connectivity index (χ0n) is 14.3. The summed E-state index contributed by atoms with van der Waals surface area (Å²) in [4.78, 5) is 7.11. The molecule has 2 aromatic carbocycles. The van der Waals surface area contributed by atoms with E-state index in [0.717, 1.165) is 13.0 Å². The average Bonchev–Trinajstić information content (AvgIpc) is 2.53. The Morgan fingerprint density at radius 3 is 2.39 bits per heavy atom. The van der Waals surface area contributed by atoms with Gasteiger partial charge in [0.05, 0.1) is 0 Å². The van der Waals surface area contributed by atoms with Gasteiger partial charge in [0.1, 0.15) is 0 Å². The van der Waals surface area contributed by atoms with E-state index < -0.39 is 0 Å². The summed E-state index contributed by atoms with van der Waals surface area (Å²) in [6.45, 7) is 1.07. The molecule has 0 bridgehead atoms. The fourth-order valence-electron chi connectivity index (χ4n) is 2.82. The van der Waals surface area contributed by atoms with Crippen LogP contribution in [0.5, 0.6) is 0 Å². The second-order valence-electron chi connectivity index (χ2n) is 6.38. The SMILES string of the molecule is CN(C)CC/C=C1/c2ccccc2Sc2ccc(N(C)C)cc21. The van der Waals surface area contributed by atoms with E-state index in [0.29, 0.717) is 0 Å². The molecule has 0 N–H and O–H groups in total. The Morgan fingerprint density at radius 1 is 0.913 bits per heavy atom. The molecule has 0 atom stereocenters. The van der Waals surface area contributed by atoms with Gasteiger partial charge in [-0.1, -0.05) is 36.0 Å². The summed E-state index contributed by atoms with van der Waals surface area (Å²) in [6, 6.07) is 15.5. The molecule has 1 heterocycles. The number of nitrogens with zero attached hydrogens (tertiary/aromatic N) is 2. The van der Waals surface area contributed by atoms with Crippen molar-refractivity contribution in [3.8, 4) is 0 Å². The Morgan fingerprint density at radius 2 is 1.65 bits per heavy atom. The van der Waals surface area contributed by atoms with Gasteiger partial charge in [-0.15, -0.1) is 0 Å². The lowest BCUT2D eigenvalue weighted by molar-refractivity contribution is 0.417. The maximum Gasteiger partial charge on any atom is 0.0368 e. The Kier molecular flexibility index (Phi) is 4.79. The van der Waals surface area contributed by atoms with Crippen LogP contribution in [0.3, 0.4) is 0 Å². The van der Waals surface area contributed by atoms with E-state index in [9.17, 15) is 0 Å². The first-order chi connectivity index (χ1) is 11.1. The summed E-state index contributed by atoms with van der Waals surface area (Å²) in [5, 5.41) is 0. The number of fused-ring (bicyclic) bond motifs is 2. The van der Waals surface area contributed by atoms with Crippen molar-refractivity contribution >= 4 is 23.0 Å². The van der Waals surface area contributed by atoms with E-state index in [1.165, 1.54) is 32.2 Å². The van der Waals surface area contributed by atoms with Crippen molar-refractivity contribution in [2.75, 3.05) is 39.6 Å². The number of anilines is 1. The largest absolute Gasteiger partial charge is 0.378 e. The molecule has 1 aliphatic heterocycles. The minimum absolute atomic E-state index is 1.06. The molecule has 0 aromatic heterocycles. The highest BCUT2D eigenvalue weighted by Crippen LogP contribution is 2.46. The first-order valence-electron chi connectivity index (χ1n) is 8.00. The van der Waals surface area contributed by atoms with E-state index in [1.807, 2.05) is 11.8 Å². The lowest BCUT2D eigenvalue weighted by Gasteiger charge is -2.24. The number of hydrogen-bond acceptors (Lipinski definition) is 3. The van der Waals surface area contributed by atoms with Gasteiger partial charge in [-0.05, 0) is 61.5 Å².